The summed E-state index contributed by atoms with van der Waals surface area (Å²) in [6.07, 6.45) is 2.98. The van der Waals surface area contributed by atoms with Crippen LogP contribution in [0.5, 0.6) is 0 Å². The number of allylic oxidation sites excluding steroid dienone is 1. The number of aromatic nitrogens is 1. The van der Waals surface area contributed by atoms with Gasteiger partial charge in [-0.1, -0.05) is 13.5 Å². The number of amides is 1. The van der Waals surface area contributed by atoms with E-state index < -0.39 is 38.8 Å². The number of hydrogen-bond acceptors (Lipinski definition) is 6. The Morgan fingerprint density at radius 3 is 2.64 bits per heavy atom. The van der Waals surface area contributed by atoms with Crippen molar-refractivity contribution in [2.45, 2.75) is 26.2 Å². The van der Waals surface area contributed by atoms with E-state index in [1.165, 1.54) is 6.20 Å². The molecule has 0 bridgehead atoms. The van der Waals surface area contributed by atoms with Crippen LogP contribution in [-0.2, 0) is 14.8 Å². The minimum absolute atomic E-state index is 0.192. The largest absolute Gasteiger partial charge is 0.385 e. The number of carbonyl (C=O) groups excluding carboxylic acids is 1. The number of pyridine rings is 1. The van der Waals surface area contributed by atoms with E-state index in [4.69, 9.17) is 4.74 Å². The van der Waals surface area contributed by atoms with E-state index in [2.05, 4.69) is 22.2 Å². The van der Waals surface area contributed by atoms with Crippen LogP contribution in [0, 0.1) is 11.6 Å². The SMILES string of the molecule is C=C(CCCOC)c1cc(NC(=O)c2c(F)ccc(NS(=O)(=O)CCC)c2F)cnc1NC. The molecule has 0 saturated heterocycles. The number of rotatable bonds is 12. The Balaban J connectivity index is 2.32. The summed E-state index contributed by atoms with van der Waals surface area (Å²) in [6, 6.07) is 3.35. The van der Waals surface area contributed by atoms with E-state index in [-0.39, 0.29) is 11.4 Å². The topological polar surface area (TPSA) is 109 Å². The highest BCUT2D eigenvalue weighted by Crippen LogP contribution is 2.28. The Morgan fingerprint density at radius 2 is 2.00 bits per heavy atom. The van der Waals surface area contributed by atoms with Gasteiger partial charge in [-0.3, -0.25) is 9.52 Å². The summed E-state index contributed by atoms with van der Waals surface area (Å²) >= 11 is 0. The van der Waals surface area contributed by atoms with Crippen molar-refractivity contribution in [2.75, 3.05) is 41.9 Å². The molecule has 1 aromatic carbocycles. The van der Waals surface area contributed by atoms with Crippen LogP contribution in [0.3, 0.4) is 0 Å². The summed E-state index contributed by atoms with van der Waals surface area (Å²) in [5, 5.41) is 5.35. The Morgan fingerprint density at radius 1 is 1.27 bits per heavy atom. The molecule has 0 radical (unpaired) electrons. The monoisotopic (exact) mass is 482 g/mol. The average molecular weight is 483 g/mol. The molecule has 2 aromatic rings. The summed E-state index contributed by atoms with van der Waals surface area (Å²) in [4.78, 5) is 16.9. The van der Waals surface area contributed by atoms with Crippen molar-refractivity contribution < 1.29 is 26.7 Å². The van der Waals surface area contributed by atoms with Crippen LogP contribution in [0.4, 0.5) is 26.0 Å². The number of sulfonamides is 1. The molecule has 0 aliphatic carbocycles. The van der Waals surface area contributed by atoms with E-state index in [1.807, 2.05) is 4.72 Å². The molecule has 33 heavy (non-hydrogen) atoms. The lowest BCUT2D eigenvalue weighted by atomic mass is 10.0. The van der Waals surface area contributed by atoms with Crippen molar-refractivity contribution in [3.05, 3.63) is 53.7 Å². The number of benzene rings is 1. The Bertz CT molecular complexity index is 1120. The molecular formula is C22H28F2N4O4S. The zero-order valence-electron chi connectivity index (χ0n) is 18.8. The molecule has 3 N–H and O–H groups in total. The second kappa shape index (κ2) is 11.7. The summed E-state index contributed by atoms with van der Waals surface area (Å²) in [5.41, 5.74) is 0.145. The smallest absolute Gasteiger partial charge is 0.261 e. The number of halogens is 2. The predicted molar refractivity (Wildman–Crippen MR) is 126 cm³/mol. The third-order valence-electron chi connectivity index (χ3n) is 4.65. The maximum atomic E-state index is 14.9. The minimum Gasteiger partial charge on any atom is -0.385 e. The number of carbonyl (C=O) groups is 1. The molecule has 1 amide bonds. The Labute approximate surface area is 192 Å². The van der Waals surface area contributed by atoms with Crippen LogP contribution in [0.25, 0.3) is 5.57 Å². The Hall–Kier alpha value is -3.05. The first kappa shape index (κ1) is 26.2. The van der Waals surface area contributed by atoms with Crippen molar-refractivity contribution in [1.82, 2.24) is 4.98 Å². The first-order valence-corrected chi connectivity index (χ1v) is 11.9. The molecule has 8 nitrogen and oxygen atoms in total. The average Bonchev–Trinajstić information content (AvgIpc) is 2.75. The van der Waals surface area contributed by atoms with Gasteiger partial charge in [0.1, 0.15) is 17.2 Å². The number of ether oxygens (including phenoxy) is 1. The van der Waals surface area contributed by atoms with Gasteiger partial charge in [0.05, 0.1) is 23.3 Å². The van der Waals surface area contributed by atoms with Crippen LogP contribution in [0.1, 0.15) is 42.1 Å². The van der Waals surface area contributed by atoms with Crippen molar-refractivity contribution in [1.29, 1.82) is 0 Å². The van der Waals surface area contributed by atoms with Crippen LogP contribution in [-0.4, -0.2) is 45.8 Å². The maximum absolute atomic E-state index is 14.9. The quantitative estimate of drug-likeness (QED) is 0.390. The standard InChI is InChI=1S/C22H28F2N4O4S/c1-5-11-33(30,31)28-18-9-8-17(23)19(20(18)24)22(29)27-15-12-16(21(25-3)26-13-15)14(2)7-6-10-32-4/h8-9,12-13,28H,2,5-7,10-11H2,1,3-4H3,(H,25,26)(H,27,29). The van der Waals surface area contributed by atoms with Gasteiger partial charge in [-0.25, -0.2) is 22.2 Å². The molecule has 0 atom stereocenters. The minimum atomic E-state index is -3.83. The molecule has 180 valence electrons. The molecule has 0 saturated carbocycles. The molecule has 0 spiro atoms. The second-order valence-corrected chi connectivity index (χ2v) is 9.07. The van der Waals surface area contributed by atoms with E-state index >= 15 is 0 Å². The number of nitrogens with one attached hydrogen (secondary N) is 3. The normalized spacial score (nSPS) is 11.2. The summed E-state index contributed by atoms with van der Waals surface area (Å²) in [5.74, 6) is -3.24. The molecular weight excluding hydrogens is 454 g/mol. The van der Waals surface area contributed by atoms with Gasteiger partial charge < -0.3 is 15.4 Å². The lowest BCUT2D eigenvalue weighted by molar-refractivity contribution is 0.101. The lowest BCUT2D eigenvalue weighted by Crippen LogP contribution is -2.20. The van der Waals surface area contributed by atoms with Gasteiger partial charge in [0.25, 0.3) is 5.91 Å². The molecule has 11 heteroatoms. The molecule has 1 heterocycles. The molecule has 0 aliphatic rings. The third-order valence-corrected chi connectivity index (χ3v) is 6.12. The summed E-state index contributed by atoms with van der Waals surface area (Å²) < 4.78 is 60.2. The van der Waals surface area contributed by atoms with Crippen molar-refractivity contribution >= 4 is 38.7 Å². The van der Waals surface area contributed by atoms with Gasteiger partial charge >= 0.3 is 0 Å². The van der Waals surface area contributed by atoms with E-state index in [9.17, 15) is 22.0 Å². The summed E-state index contributed by atoms with van der Waals surface area (Å²) in [6.45, 7) is 6.24. The molecule has 1 aromatic heterocycles. The molecule has 0 fully saturated rings. The van der Waals surface area contributed by atoms with E-state index in [0.717, 1.165) is 24.1 Å². The predicted octanol–water partition coefficient (Wildman–Crippen LogP) is 4.25. The molecule has 2 rings (SSSR count). The van der Waals surface area contributed by atoms with Gasteiger partial charge in [-0.15, -0.1) is 0 Å². The van der Waals surface area contributed by atoms with Crippen LogP contribution >= 0.6 is 0 Å². The van der Waals surface area contributed by atoms with Crippen molar-refractivity contribution in [3.8, 4) is 0 Å². The highest BCUT2D eigenvalue weighted by atomic mass is 32.2. The maximum Gasteiger partial charge on any atom is 0.261 e. The molecule has 0 aliphatic heterocycles. The fourth-order valence-electron chi connectivity index (χ4n) is 3.09. The highest BCUT2D eigenvalue weighted by Gasteiger charge is 2.23. The Kier molecular flexibility index (Phi) is 9.30. The van der Waals surface area contributed by atoms with E-state index in [1.54, 1.807) is 27.1 Å². The third kappa shape index (κ3) is 6.96. The van der Waals surface area contributed by atoms with Gasteiger partial charge in [0.15, 0.2) is 5.82 Å². The number of nitrogens with zero attached hydrogens (tertiary/aromatic N) is 1. The lowest BCUT2D eigenvalue weighted by Gasteiger charge is -2.15. The second-order valence-electron chi connectivity index (χ2n) is 7.23. The van der Waals surface area contributed by atoms with Crippen LogP contribution in [0.15, 0.2) is 31.0 Å². The fourth-order valence-corrected chi connectivity index (χ4v) is 4.22. The number of anilines is 3. The number of hydrogen-bond donors (Lipinski definition) is 3. The van der Waals surface area contributed by atoms with Gasteiger partial charge in [0, 0.05) is 26.3 Å². The summed E-state index contributed by atoms with van der Waals surface area (Å²) in [7, 11) is -0.552. The van der Waals surface area contributed by atoms with Crippen molar-refractivity contribution in [3.63, 3.8) is 0 Å². The van der Waals surface area contributed by atoms with Crippen molar-refractivity contribution in [2.24, 2.45) is 0 Å². The van der Waals surface area contributed by atoms with Crippen LogP contribution < -0.4 is 15.4 Å². The zero-order valence-corrected chi connectivity index (χ0v) is 19.6. The highest BCUT2D eigenvalue weighted by molar-refractivity contribution is 7.92. The van der Waals surface area contributed by atoms with Gasteiger partial charge in [-0.2, -0.15) is 0 Å². The first-order valence-electron chi connectivity index (χ1n) is 10.3. The number of methoxy groups -OCH3 is 1. The zero-order chi connectivity index (χ0) is 24.6. The molecule has 0 unspecified atom stereocenters. The van der Waals surface area contributed by atoms with Crippen LogP contribution in [0.2, 0.25) is 0 Å². The fraction of sp³-hybridized carbons (Fsp3) is 0.364. The van der Waals surface area contributed by atoms with Gasteiger partial charge in [-0.05, 0) is 43.0 Å². The van der Waals surface area contributed by atoms with Gasteiger partial charge in [0.2, 0.25) is 10.0 Å². The van der Waals surface area contributed by atoms with E-state index in [0.29, 0.717) is 30.8 Å². The first-order chi connectivity index (χ1) is 15.6.